The van der Waals surface area contributed by atoms with Crippen LogP contribution in [0.1, 0.15) is 22.3 Å². The van der Waals surface area contributed by atoms with Gasteiger partial charge in [0.05, 0.1) is 0 Å². The zero-order valence-electron chi connectivity index (χ0n) is 19.5. The van der Waals surface area contributed by atoms with Gasteiger partial charge in [-0.1, -0.05) is 48.5 Å². The van der Waals surface area contributed by atoms with Crippen molar-refractivity contribution < 1.29 is 31.4 Å². The zero-order valence-corrected chi connectivity index (χ0v) is 19.5. The van der Waals surface area contributed by atoms with Gasteiger partial charge in [-0.3, -0.25) is 0 Å². The first-order valence-electron chi connectivity index (χ1n) is 10.8. The summed E-state index contributed by atoms with van der Waals surface area (Å²) in [4.78, 5) is 2.13. The maximum absolute atomic E-state index is 12.8. The highest BCUT2D eigenvalue weighted by Gasteiger charge is 2.36. The molecular formula is C26H26F6N2O. The van der Waals surface area contributed by atoms with Crippen LogP contribution in [0.5, 0.6) is 0 Å². The second kappa shape index (κ2) is 9.81. The summed E-state index contributed by atoms with van der Waals surface area (Å²) in [6.45, 7) is -0.553. The lowest BCUT2D eigenvalue weighted by Gasteiger charge is -2.33. The Morgan fingerprint density at radius 1 is 0.657 bits per heavy atom. The van der Waals surface area contributed by atoms with Crippen molar-refractivity contribution in [3.63, 3.8) is 0 Å². The predicted molar refractivity (Wildman–Crippen MR) is 125 cm³/mol. The SMILES string of the molecule is Cc1cc(N(C)CC(F)(F)F)ccc1C(O)(c1ccccc1)c1ccc(N(C)CC(F)(F)F)cc1. The average Bonchev–Trinajstić information content (AvgIpc) is 2.77. The molecule has 0 saturated heterocycles. The van der Waals surface area contributed by atoms with Crippen molar-refractivity contribution in [2.45, 2.75) is 24.9 Å². The van der Waals surface area contributed by atoms with Crippen LogP contribution in [0.25, 0.3) is 0 Å². The minimum Gasteiger partial charge on any atom is -0.376 e. The quantitative estimate of drug-likeness (QED) is 0.308. The van der Waals surface area contributed by atoms with Crippen LogP contribution in [0.2, 0.25) is 0 Å². The molecule has 1 unspecified atom stereocenters. The maximum Gasteiger partial charge on any atom is 0.405 e. The fourth-order valence-corrected chi connectivity index (χ4v) is 4.13. The van der Waals surface area contributed by atoms with Gasteiger partial charge < -0.3 is 14.9 Å². The van der Waals surface area contributed by atoms with Gasteiger partial charge in [0.15, 0.2) is 0 Å². The summed E-state index contributed by atoms with van der Waals surface area (Å²) in [5.41, 5.74) is 0.896. The number of halogens is 6. The number of nitrogens with zero attached hydrogens (tertiary/aromatic N) is 2. The second-order valence-electron chi connectivity index (χ2n) is 8.57. The zero-order chi connectivity index (χ0) is 26.0. The molecule has 1 atom stereocenters. The Hall–Kier alpha value is -3.20. The van der Waals surface area contributed by atoms with Crippen molar-refractivity contribution in [2.24, 2.45) is 0 Å². The molecule has 0 saturated carbocycles. The molecule has 3 rings (SSSR count). The van der Waals surface area contributed by atoms with Crippen LogP contribution in [0.4, 0.5) is 37.7 Å². The van der Waals surface area contributed by atoms with E-state index in [1.54, 1.807) is 61.5 Å². The molecule has 3 nitrogen and oxygen atoms in total. The third kappa shape index (κ3) is 6.28. The van der Waals surface area contributed by atoms with Gasteiger partial charge in [0.1, 0.15) is 18.7 Å². The lowest BCUT2D eigenvalue weighted by atomic mass is 9.78. The molecule has 0 fully saturated rings. The number of aryl methyl sites for hydroxylation is 1. The van der Waals surface area contributed by atoms with Crippen LogP contribution < -0.4 is 9.80 Å². The van der Waals surface area contributed by atoms with E-state index >= 15 is 0 Å². The van der Waals surface area contributed by atoms with Crippen molar-refractivity contribution in [3.05, 3.63) is 95.1 Å². The molecule has 0 aromatic heterocycles. The summed E-state index contributed by atoms with van der Waals surface area (Å²) in [6, 6.07) is 19.4. The van der Waals surface area contributed by atoms with Gasteiger partial charge in [-0.05, 0) is 53.4 Å². The number of benzene rings is 3. The van der Waals surface area contributed by atoms with Crippen LogP contribution in [0.15, 0.2) is 72.8 Å². The van der Waals surface area contributed by atoms with Gasteiger partial charge >= 0.3 is 12.4 Å². The summed E-state index contributed by atoms with van der Waals surface area (Å²) >= 11 is 0. The topological polar surface area (TPSA) is 26.7 Å². The van der Waals surface area contributed by atoms with Gasteiger partial charge in [0, 0.05) is 25.5 Å². The minimum atomic E-state index is -4.37. The normalized spacial score (nSPS) is 13.9. The second-order valence-corrected chi connectivity index (χ2v) is 8.57. The van der Waals surface area contributed by atoms with Gasteiger partial charge in [0.25, 0.3) is 0 Å². The van der Waals surface area contributed by atoms with Gasteiger partial charge in [-0.2, -0.15) is 26.3 Å². The first kappa shape index (κ1) is 26.4. The van der Waals surface area contributed by atoms with Crippen LogP contribution in [-0.4, -0.2) is 44.6 Å². The highest BCUT2D eigenvalue weighted by atomic mass is 19.4. The molecule has 0 bridgehead atoms. The van der Waals surface area contributed by atoms with Crippen molar-refractivity contribution in [2.75, 3.05) is 37.0 Å². The Bertz CT molecular complexity index is 1130. The molecule has 0 aliphatic rings. The Morgan fingerprint density at radius 2 is 1.11 bits per heavy atom. The first-order valence-corrected chi connectivity index (χ1v) is 10.8. The predicted octanol–water partition coefficient (Wildman–Crippen LogP) is 6.28. The first-order chi connectivity index (χ1) is 16.2. The number of anilines is 2. The number of hydrogen-bond acceptors (Lipinski definition) is 3. The fourth-order valence-electron chi connectivity index (χ4n) is 4.13. The Kier molecular flexibility index (Phi) is 7.40. The molecule has 0 radical (unpaired) electrons. The van der Waals surface area contributed by atoms with Gasteiger partial charge in [-0.25, -0.2) is 0 Å². The van der Waals surface area contributed by atoms with E-state index in [2.05, 4.69) is 0 Å². The van der Waals surface area contributed by atoms with Crippen molar-refractivity contribution >= 4 is 11.4 Å². The third-order valence-corrected chi connectivity index (χ3v) is 5.79. The average molecular weight is 496 g/mol. The van der Waals surface area contributed by atoms with Crippen LogP contribution >= 0.6 is 0 Å². The maximum atomic E-state index is 12.8. The molecule has 35 heavy (non-hydrogen) atoms. The summed E-state index contributed by atoms with van der Waals surface area (Å²) in [7, 11) is 2.66. The number of rotatable bonds is 7. The lowest BCUT2D eigenvalue weighted by Crippen LogP contribution is -2.32. The van der Waals surface area contributed by atoms with E-state index in [0.29, 0.717) is 33.6 Å². The van der Waals surface area contributed by atoms with E-state index in [4.69, 9.17) is 0 Å². The lowest BCUT2D eigenvalue weighted by molar-refractivity contribution is -0.120. The van der Waals surface area contributed by atoms with E-state index in [1.165, 1.54) is 32.3 Å². The molecule has 3 aromatic carbocycles. The molecule has 0 heterocycles. The standard InChI is InChI=1S/C26H26F6N2O/c1-18-15-22(34(3)17-25(30,31)32)13-14-23(18)26(35,19-7-5-4-6-8-19)20-9-11-21(12-10-20)33(2)16-24(27,28)29/h4-15,35H,16-17H2,1-3H3. The number of alkyl halides is 6. The molecule has 0 aliphatic carbocycles. The molecule has 1 N–H and O–H groups in total. The third-order valence-electron chi connectivity index (χ3n) is 5.79. The van der Waals surface area contributed by atoms with E-state index in [9.17, 15) is 31.4 Å². The molecular weight excluding hydrogens is 470 g/mol. The number of aliphatic hydroxyl groups is 1. The monoisotopic (exact) mass is 496 g/mol. The van der Waals surface area contributed by atoms with Crippen molar-refractivity contribution in [1.29, 1.82) is 0 Å². The highest BCUT2D eigenvalue weighted by Crippen LogP contribution is 2.40. The van der Waals surface area contributed by atoms with Crippen molar-refractivity contribution in [3.8, 4) is 0 Å². The van der Waals surface area contributed by atoms with E-state index in [0.717, 1.165) is 9.80 Å². The number of hydrogen-bond donors (Lipinski definition) is 1. The summed E-state index contributed by atoms with van der Waals surface area (Å²) < 4.78 is 76.8. The molecule has 0 spiro atoms. The van der Waals surface area contributed by atoms with E-state index in [-0.39, 0.29) is 0 Å². The molecule has 0 aliphatic heterocycles. The van der Waals surface area contributed by atoms with Gasteiger partial charge in [0.2, 0.25) is 0 Å². The van der Waals surface area contributed by atoms with E-state index < -0.39 is 31.0 Å². The highest BCUT2D eigenvalue weighted by molar-refractivity contribution is 5.58. The molecule has 0 amide bonds. The minimum absolute atomic E-state index is 0.322. The smallest absolute Gasteiger partial charge is 0.376 e. The largest absolute Gasteiger partial charge is 0.405 e. The van der Waals surface area contributed by atoms with Gasteiger partial charge in [-0.15, -0.1) is 0 Å². The Balaban J connectivity index is 2.05. The fraction of sp³-hybridized carbons (Fsp3) is 0.308. The molecule has 3 aromatic rings. The van der Waals surface area contributed by atoms with Crippen molar-refractivity contribution in [1.82, 2.24) is 0 Å². The molecule has 188 valence electrons. The summed E-state index contributed by atoms with van der Waals surface area (Å²) in [5.74, 6) is 0. The Morgan fingerprint density at radius 3 is 1.60 bits per heavy atom. The van der Waals surface area contributed by atoms with Crippen LogP contribution in [0, 0.1) is 6.92 Å². The summed E-state index contributed by atoms with van der Waals surface area (Å²) in [6.07, 6.45) is -8.73. The Labute approximate surface area is 200 Å². The van der Waals surface area contributed by atoms with Crippen LogP contribution in [-0.2, 0) is 5.60 Å². The molecule has 9 heteroatoms. The van der Waals surface area contributed by atoms with Crippen LogP contribution in [0.3, 0.4) is 0 Å². The summed E-state index contributed by atoms with van der Waals surface area (Å²) in [5, 5.41) is 12.1. The van der Waals surface area contributed by atoms with E-state index in [1.807, 2.05) is 0 Å².